The number of carbonyl (C=O) groups excluding carboxylic acids is 1. The Balaban J connectivity index is 1.38. The number of aromatic amines is 1. The highest BCUT2D eigenvalue weighted by molar-refractivity contribution is 6.72. The monoisotopic (exact) mass is 631 g/mol. The third-order valence-corrected chi connectivity index (χ3v) is 12.7. The third kappa shape index (κ3) is 8.98. The summed E-state index contributed by atoms with van der Waals surface area (Å²) in [5.41, 5.74) is 5.27. The summed E-state index contributed by atoms with van der Waals surface area (Å²) in [5.74, 6) is 0.850. The van der Waals surface area contributed by atoms with Crippen LogP contribution in [-0.2, 0) is 19.4 Å². The zero-order chi connectivity index (χ0) is 32.8. The predicted molar refractivity (Wildman–Crippen MR) is 184 cm³/mol. The number of rotatable bonds is 15. The molecule has 6 N–H and O–H groups in total. The molecule has 0 aliphatic rings. The number of H-pyrrole nitrogens is 1. The van der Waals surface area contributed by atoms with Crippen molar-refractivity contribution in [2.45, 2.75) is 76.7 Å². The van der Waals surface area contributed by atoms with Crippen molar-refractivity contribution in [3.8, 4) is 11.5 Å². The Morgan fingerprint density at radius 2 is 1.82 bits per heavy atom. The highest BCUT2D eigenvalue weighted by atomic mass is 28.4. The maximum Gasteiger partial charge on any atom is 0.267 e. The van der Waals surface area contributed by atoms with Crippen LogP contribution in [0.15, 0.2) is 66.7 Å². The van der Waals surface area contributed by atoms with E-state index in [1.807, 2.05) is 61.6 Å². The molecule has 3 aromatic carbocycles. The number of nitrogens with one attached hydrogen (secondary N) is 3. The van der Waals surface area contributed by atoms with E-state index in [1.165, 1.54) is 5.56 Å². The number of aliphatic hydroxyl groups excluding tert-OH is 1. The van der Waals surface area contributed by atoms with Gasteiger partial charge in [-0.15, -0.1) is 0 Å². The standard InChI is InChI=1S/C36H49N3O5Si/c1-24(38-22-30(21-36(2,3)45(5,6)43)27-11-13-34(41)29(19-27)23-40)16-26-10-12-32-28(17-26)20-33(39-32)35(42)37-15-14-25-8-7-9-31(18-25)44-4/h7-13,17-20,24,30,38-41,43H,14-16,21-23H2,1-6H3,(H,37,42)/t24-,30+/m1/s1. The van der Waals surface area contributed by atoms with E-state index in [9.17, 15) is 19.8 Å². The molecule has 4 rings (SSSR count). The van der Waals surface area contributed by atoms with E-state index in [2.05, 4.69) is 48.5 Å². The summed E-state index contributed by atoms with van der Waals surface area (Å²) in [6.45, 7) is 11.4. The summed E-state index contributed by atoms with van der Waals surface area (Å²) in [5, 5.41) is 27.3. The number of amides is 1. The lowest BCUT2D eigenvalue weighted by Gasteiger charge is -2.38. The minimum absolute atomic E-state index is 0.0874. The molecule has 9 heteroatoms. The molecular weight excluding hydrogens is 582 g/mol. The number of carbonyl (C=O) groups is 1. The van der Waals surface area contributed by atoms with Gasteiger partial charge in [0.05, 0.1) is 13.7 Å². The van der Waals surface area contributed by atoms with Crippen LogP contribution in [0.25, 0.3) is 10.9 Å². The van der Waals surface area contributed by atoms with Crippen molar-refractivity contribution < 1.29 is 24.5 Å². The number of aromatic hydroxyl groups is 1. The molecule has 0 fully saturated rings. The zero-order valence-electron chi connectivity index (χ0n) is 27.4. The van der Waals surface area contributed by atoms with Crippen molar-refractivity contribution in [2.75, 3.05) is 20.2 Å². The van der Waals surface area contributed by atoms with Gasteiger partial charge in [0.15, 0.2) is 8.32 Å². The van der Waals surface area contributed by atoms with Crippen LogP contribution < -0.4 is 15.4 Å². The number of fused-ring (bicyclic) bond motifs is 1. The minimum Gasteiger partial charge on any atom is -0.508 e. The molecule has 4 aromatic rings. The first kappa shape index (κ1) is 34.2. The van der Waals surface area contributed by atoms with Gasteiger partial charge in [-0.05, 0) is 109 Å². The lowest BCUT2D eigenvalue weighted by Crippen LogP contribution is -2.41. The van der Waals surface area contributed by atoms with E-state index in [0.29, 0.717) is 30.8 Å². The second kappa shape index (κ2) is 14.6. The number of ether oxygens (including phenoxy) is 1. The van der Waals surface area contributed by atoms with Crippen LogP contribution in [0.3, 0.4) is 0 Å². The lowest BCUT2D eigenvalue weighted by atomic mass is 9.88. The topological polar surface area (TPSA) is 127 Å². The van der Waals surface area contributed by atoms with Gasteiger partial charge < -0.3 is 35.4 Å². The minimum atomic E-state index is -2.45. The first-order valence-corrected chi connectivity index (χ1v) is 18.7. The normalized spacial score (nSPS) is 13.5. The predicted octanol–water partition coefficient (Wildman–Crippen LogP) is 6.02. The largest absolute Gasteiger partial charge is 0.508 e. The molecule has 1 heterocycles. The van der Waals surface area contributed by atoms with E-state index in [4.69, 9.17) is 4.74 Å². The van der Waals surface area contributed by atoms with E-state index in [0.717, 1.165) is 40.6 Å². The zero-order valence-corrected chi connectivity index (χ0v) is 28.4. The number of hydrogen-bond acceptors (Lipinski definition) is 6. The molecule has 45 heavy (non-hydrogen) atoms. The fourth-order valence-corrected chi connectivity index (χ4v) is 6.35. The van der Waals surface area contributed by atoms with Gasteiger partial charge in [-0.2, -0.15) is 0 Å². The molecular formula is C36H49N3O5Si. The molecule has 2 atom stereocenters. The Labute approximate surface area is 268 Å². The van der Waals surface area contributed by atoms with Crippen molar-refractivity contribution in [3.63, 3.8) is 0 Å². The van der Waals surface area contributed by atoms with Crippen molar-refractivity contribution in [2.24, 2.45) is 0 Å². The van der Waals surface area contributed by atoms with Gasteiger partial charge in [0, 0.05) is 35.6 Å². The summed E-state index contributed by atoms with van der Waals surface area (Å²) in [4.78, 5) is 27.1. The maximum atomic E-state index is 12.9. The van der Waals surface area contributed by atoms with Crippen LogP contribution in [0.4, 0.5) is 0 Å². The number of phenols is 1. The molecule has 0 saturated carbocycles. The second-order valence-corrected chi connectivity index (χ2v) is 17.8. The average molecular weight is 632 g/mol. The second-order valence-electron chi connectivity index (χ2n) is 13.4. The lowest BCUT2D eigenvalue weighted by molar-refractivity contribution is 0.0950. The van der Waals surface area contributed by atoms with Gasteiger partial charge in [0.2, 0.25) is 0 Å². The van der Waals surface area contributed by atoms with Crippen molar-refractivity contribution in [3.05, 3.63) is 94.7 Å². The Hall–Kier alpha value is -3.63. The van der Waals surface area contributed by atoms with Crippen LogP contribution in [-0.4, -0.2) is 60.5 Å². The fourth-order valence-electron chi connectivity index (χ4n) is 5.60. The number of aliphatic hydroxyl groups is 1. The van der Waals surface area contributed by atoms with Gasteiger partial charge in [-0.25, -0.2) is 0 Å². The molecule has 1 aromatic heterocycles. The Bertz CT molecular complexity index is 1590. The van der Waals surface area contributed by atoms with E-state index >= 15 is 0 Å². The van der Waals surface area contributed by atoms with Gasteiger partial charge in [-0.3, -0.25) is 4.79 Å². The van der Waals surface area contributed by atoms with Gasteiger partial charge in [0.1, 0.15) is 17.2 Å². The van der Waals surface area contributed by atoms with Crippen molar-refractivity contribution >= 4 is 25.1 Å². The molecule has 1 amide bonds. The smallest absolute Gasteiger partial charge is 0.267 e. The highest BCUT2D eigenvalue weighted by Crippen LogP contribution is 2.44. The SMILES string of the molecule is COc1cccc(CCNC(=O)c2cc3cc(C[C@@H](C)NC[C@H](CC(C)(C)[Si](C)(C)O)c4ccc(O)c(CO)c4)ccc3[nH]2)c1. The molecule has 8 nitrogen and oxygen atoms in total. The molecule has 0 bridgehead atoms. The summed E-state index contributed by atoms with van der Waals surface area (Å²) in [7, 11) is -0.807. The average Bonchev–Trinajstić information content (AvgIpc) is 3.43. The molecule has 0 spiro atoms. The number of aromatic nitrogens is 1. The van der Waals surface area contributed by atoms with E-state index in [-0.39, 0.29) is 35.3 Å². The molecule has 0 unspecified atom stereocenters. The van der Waals surface area contributed by atoms with Crippen LogP contribution in [0.2, 0.25) is 18.1 Å². The fraction of sp³-hybridized carbons (Fsp3) is 0.417. The molecule has 0 saturated heterocycles. The highest BCUT2D eigenvalue weighted by Gasteiger charge is 2.40. The Kier molecular flexibility index (Phi) is 11.1. The quantitative estimate of drug-likeness (QED) is 0.0892. The maximum absolute atomic E-state index is 12.9. The van der Waals surface area contributed by atoms with Crippen LogP contribution in [0.5, 0.6) is 11.5 Å². The third-order valence-electron chi connectivity index (χ3n) is 9.18. The Morgan fingerprint density at radius 1 is 1.04 bits per heavy atom. The summed E-state index contributed by atoms with van der Waals surface area (Å²) < 4.78 is 5.28. The molecule has 0 aliphatic carbocycles. The molecule has 242 valence electrons. The van der Waals surface area contributed by atoms with Crippen LogP contribution in [0.1, 0.15) is 65.9 Å². The van der Waals surface area contributed by atoms with Crippen molar-refractivity contribution in [1.82, 2.24) is 15.6 Å². The summed E-state index contributed by atoms with van der Waals surface area (Å²) >= 11 is 0. The van der Waals surface area contributed by atoms with Gasteiger partial charge in [0.25, 0.3) is 5.91 Å². The van der Waals surface area contributed by atoms with Crippen molar-refractivity contribution in [1.29, 1.82) is 0 Å². The van der Waals surface area contributed by atoms with Crippen LogP contribution >= 0.6 is 0 Å². The molecule has 0 radical (unpaired) electrons. The summed E-state index contributed by atoms with van der Waals surface area (Å²) in [6, 6.07) is 21.6. The number of hydrogen-bond donors (Lipinski definition) is 6. The van der Waals surface area contributed by atoms with Gasteiger partial charge in [-0.1, -0.05) is 38.1 Å². The molecule has 0 aliphatic heterocycles. The summed E-state index contributed by atoms with van der Waals surface area (Å²) in [6.07, 6.45) is 2.29. The van der Waals surface area contributed by atoms with E-state index in [1.54, 1.807) is 13.2 Å². The van der Waals surface area contributed by atoms with Crippen LogP contribution in [0, 0.1) is 0 Å². The number of methoxy groups -OCH3 is 1. The Morgan fingerprint density at radius 3 is 2.53 bits per heavy atom. The first-order valence-electron chi connectivity index (χ1n) is 15.7. The number of benzene rings is 3. The first-order chi connectivity index (χ1) is 21.3. The van der Waals surface area contributed by atoms with E-state index < -0.39 is 8.32 Å². The van der Waals surface area contributed by atoms with Gasteiger partial charge >= 0.3 is 0 Å².